The largest absolute Gasteiger partial charge is 0.331 e. The molecule has 0 saturated carbocycles. The zero-order chi connectivity index (χ0) is 10.2. The van der Waals surface area contributed by atoms with Crippen LogP contribution in [0.1, 0.15) is 0 Å². The van der Waals surface area contributed by atoms with Crippen LogP contribution in [0.2, 0.25) is 0 Å². The lowest BCUT2D eigenvalue weighted by molar-refractivity contribution is 0.878. The van der Waals surface area contributed by atoms with Gasteiger partial charge in [0, 0.05) is 6.21 Å². The third kappa shape index (κ3) is 3.96. The Morgan fingerprint density at radius 2 is 1.93 bits per heavy atom. The van der Waals surface area contributed by atoms with Gasteiger partial charge in [-0.2, -0.15) is 5.10 Å². The quantitative estimate of drug-likeness (QED) is 0.574. The monoisotopic (exact) mass is 190 g/mol. The highest BCUT2D eigenvalue weighted by atomic mass is 15.3. The van der Waals surface area contributed by atoms with Crippen molar-refractivity contribution >= 4 is 25.1 Å². The fourth-order valence-electron chi connectivity index (χ4n) is 0.583. The summed E-state index contributed by atoms with van der Waals surface area (Å²) in [7, 11) is 0. The highest BCUT2D eigenvalue weighted by Crippen LogP contribution is 1.85. The molecule has 0 aromatic carbocycles. The minimum absolute atomic E-state index is 0.586. The Morgan fingerprint density at radius 3 is 2.21 bits per heavy atom. The van der Waals surface area contributed by atoms with Crippen LogP contribution in [0.5, 0.6) is 0 Å². The smallest absolute Gasteiger partial charge is 0.138 e. The number of nitrogens with one attached hydrogen (secondary N) is 2. The molecule has 0 spiro atoms. The van der Waals surface area contributed by atoms with E-state index in [9.17, 15) is 0 Å². The second-order valence-electron chi connectivity index (χ2n) is 2.23. The topological polar surface area (TPSA) is 73.5 Å². The van der Waals surface area contributed by atoms with E-state index in [1.807, 2.05) is 0 Å². The number of aliphatic imine (C=N–C) groups is 3. The van der Waals surface area contributed by atoms with Gasteiger partial charge in [0.1, 0.15) is 18.0 Å². The van der Waals surface area contributed by atoms with Crippen molar-refractivity contribution in [3.63, 3.8) is 0 Å². The van der Waals surface area contributed by atoms with E-state index in [1.54, 1.807) is 12.4 Å². The van der Waals surface area contributed by atoms with Gasteiger partial charge in [0.05, 0.1) is 12.6 Å². The molecule has 0 bridgehead atoms. The van der Waals surface area contributed by atoms with Gasteiger partial charge in [-0.25, -0.2) is 15.0 Å². The molecular weight excluding hydrogens is 180 g/mol. The van der Waals surface area contributed by atoms with E-state index in [2.05, 4.69) is 44.0 Å². The van der Waals surface area contributed by atoms with E-state index >= 15 is 0 Å². The fourth-order valence-corrected chi connectivity index (χ4v) is 0.583. The summed E-state index contributed by atoms with van der Waals surface area (Å²) in [6, 6.07) is 0. The third-order valence-corrected chi connectivity index (χ3v) is 1.15. The number of nitrogens with zero attached hydrogens (tertiary/aromatic N) is 4. The second-order valence-corrected chi connectivity index (χ2v) is 2.23. The Labute approximate surface area is 81.6 Å². The SMILES string of the molecule is C=C1N=CC=NN1.C=C1N=CN=CN1. The van der Waals surface area contributed by atoms with Crippen molar-refractivity contribution in [1.29, 1.82) is 0 Å². The minimum Gasteiger partial charge on any atom is -0.331 e. The standard InChI is InChI=1S/2C4H5N3/c1-4-6-2-5-3-7-4;1-4-5-2-3-6-7-4/h2-3H,1H2,(H,5,6,7);2-3,7H,1H2. The highest BCUT2D eigenvalue weighted by molar-refractivity contribution is 6.16. The second kappa shape index (κ2) is 5.41. The number of hydrogen-bond donors (Lipinski definition) is 2. The fraction of sp³-hybridized carbons (Fsp3) is 0. The minimum atomic E-state index is 0.586. The first-order valence-corrected chi connectivity index (χ1v) is 3.79. The van der Waals surface area contributed by atoms with Crippen LogP contribution >= 0.6 is 0 Å². The summed E-state index contributed by atoms with van der Waals surface area (Å²) in [5, 5.41) is 6.33. The molecular formula is C8H10N6. The molecule has 6 nitrogen and oxygen atoms in total. The molecule has 72 valence electrons. The molecule has 2 aliphatic rings. The Morgan fingerprint density at radius 1 is 1.07 bits per heavy atom. The Balaban J connectivity index is 0.000000140. The molecule has 0 fully saturated rings. The predicted octanol–water partition coefficient (Wildman–Crippen LogP) is 0.235. The van der Waals surface area contributed by atoms with E-state index in [0.29, 0.717) is 11.6 Å². The van der Waals surface area contributed by atoms with Crippen LogP contribution in [-0.4, -0.2) is 25.1 Å². The average molecular weight is 190 g/mol. The van der Waals surface area contributed by atoms with Crippen molar-refractivity contribution in [3.05, 3.63) is 24.8 Å². The molecule has 2 N–H and O–H groups in total. The summed E-state index contributed by atoms with van der Waals surface area (Å²) >= 11 is 0. The molecule has 0 amide bonds. The van der Waals surface area contributed by atoms with Gasteiger partial charge in [-0.15, -0.1) is 0 Å². The molecule has 14 heavy (non-hydrogen) atoms. The maximum atomic E-state index is 3.75. The molecule has 0 aromatic heterocycles. The van der Waals surface area contributed by atoms with Crippen LogP contribution in [0.25, 0.3) is 0 Å². The van der Waals surface area contributed by atoms with Crippen LogP contribution in [0.15, 0.2) is 44.9 Å². The first-order chi connectivity index (χ1) is 6.79. The summed E-state index contributed by atoms with van der Waals surface area (Å²) in [6.07, 6.45) is 6.13. The van der Waals surface area contributed by atoms with Gasteiger partial charge in [0.25, 0.3) is 0 Å². The van der Waals surface area contributed by atoms with E-state index in [-0.39, 0.29) is 0 Å². The average Bonchev–Trinajstić information content (AvgIpc) is 2.21. The summed E-state index contributed by atoms with van der Waals surface area (Å²) in [5.41, 5.74) is 2.56. The molecule has 0 saturated heterocycles. The van der Waals surface area contributed by atoms with Crippen LogP contribution in [-0.2, 0) is 0 Å². The lowest BCUT2D eigenvalue weighted by atomic mass is 10.7. The lowest BCUT2D eigenvalue weighted by Crippen LogP contribution is -2.10. The maximum Gasteiger partial charge on any atom is 0.138 e. The van der Waals surface area contributed by atoms with Crippen LogP contribution < -0.4 is 10.7 Å². The summed E-state index contributed by atoms with van der Waals surface area (Å²) in [5.74, 6) is 1.22. The molecule has 0 unspecified atom stereocenters. The first kappa shape index (κ1) is 9.85. The third-order valence-electron chi connectivity index (χ3n) is 1.15. The number of rotatable bonds is 0. The van der Waals surface area contributed by atoms with Gasteiger partial charge < -0.3 is 5.32 Å². The zero-order valence-corrected chi connectivity index (χ0v) is 7.51. The normalized spacial score (nSPS) is 16.9. The molecule has 2 heterocycles. The van der Waals surface area contributed by atoms with Crippen molar-refractivity contribution in [3.8, 4) is 0 Å². The Hall–Kier alpha value is -2.24. The van der Waals surface area contributed by atoms with Crippen molar-refractivity contribution in [1.82, 2.24) is 10.7 Å². The zero-order valence-electron chi connectivity index (χ0n) is 7.51. The highest BCUT2D eigenvalue weighted by Gasteiger charge is 1.84. The van der Waals surface area contributed by atoms with Gasteiger partial charge in [-0.3, -0.25) is 5.43 Å². The van der Waals surface area contributed by atoms with Gasteiger partial charge in [-0.05, 0) is 0 Å². The summed E-state index contributed by atoms with van der Waals surface area (Å²) in [6.45, 7) is 7.01. The van der Waals surface area contributed by atoms with E-state index in [1.165, 1.54) is 12.7 Å². The molecule has 0 atom stereocenters. The van der Waals surface area contributed by atoms with Crippen LogP contribution in [0.4, 0.5) is 0 Å². The molecule has 0 aliphatic carbocycles. The van der Waals surface area contributed by atoms with E-state index in [4.69, 9.17) is 0 Å². The van der Waals surface area contributed by atoms with E-state index < -0.39 is 0 Å². The predicted molar refractivity (Wildman–Crippen MR) is 58.5 cm³/mol. The molecule has 2 rings (SSSR count). The number of hydrazone groups is 1. The maximum absolute atomic E-state index is 3.75. The molecule has 6 heteroatoms. The molecule has 0 radical (unpaired) electrons. The van der Waals surface area contributed by atoms with Crippen LogP contribution in [0, 0.1) is 0 Å². The van der Waals surface area contributed by atoms with Crippen molar-refractivity contribution in [2.75, 3.05) is 0 Å². The van der Waals surface area contributed by atoms with E-state index in [0.717, 1.165) is 0 Å². The van der Waals surface area contributed by atoms with Gasteiger partial charge >= 0.3 is 0 Å². The first-order valence-electron chi connectivity index (χ1n) is 3.79. The van der Waals surface area contributed by atoms with Crippen molar-refractivity contribution in [2.45, 2.75) is 0 Å². The molecule has 0 aromatic rings. The van der Waals surface area contributed by atoms with Crippen molar-refractivity contribution in [2.24, 2.45) is 20.1 Å². The van der Waals surface area contributed by atoms with Crippen molar-refractivity contribution < 1.29 is 0 Å². The summed E-state index contributed by atoms with van der Waals surface area (Å²) < 4.78 is 0. The van der Waals surface area contributed by atoms with Gasteiger partial charge in [0.15, 0.2) is 0 Å². The molecule has 2 aliphatic heterocycles. The lowest BCUT2D eigenvalue weighted by Gasteiger charge is -1.97. The summed E-state index contributed by atoms with van der Waals surface area (Å²) in [4.78, 5) is 11.1. The van der Waals surface area contributed by atoms with Gasteiger partial charge in [0.2, 0.25) is 0 Å². The van der Waals surface area contributed by atoms with Crippen LogP contribution in [0.3, 0.4) is 0 Å². The number of hydrogen-bond acceptors (Lipinski definition) is 6. The van der Waals surface area contributed by atoms with Gasteiger partial charge in [-0.1, -0.05) is 13.2 Å². The Kier molecular flexibility index (Phi) is 3.81. The Bertz CT molecular complexity index is 302.